The molecule has 3 rings (SSSR count). The number of hydrogen-bond acceptors (Lipinski definition) is 6. The molecule has 8 heteroatoms. The fourth-order valence-corrected chi connectivity index (χ4v) is 2.48. The lowest BCUT2D eigenvalue weighted by Gasteiger charge is -2.26. The summed E-state index contributed by atoms with van der Waals surface area (Å²) in [6.45, 7) is 5.64. The van der Waals surface area contributed by atoms with Crippen LogP contribution in [0.25, 0.3) is 0 Å². The molecule has 2 N–H and O–H groups in total. The standard InChI is InChI=1S/C17H21N5O3/c1-11(2)15-20-17(25-21-15)19-9-12-3-5-13(6-4-12)16(24)22-8-7-18-14(23)10-22/h3-6,11H,7-10H2,1-2H3,(H,18,23)(H,19,20,21). The zero-order valence-corrected chi connectivity index (χ0v) is 14.3. The quantitative estimate of drug-likeness (QED) is 0.851. The van der Waals surface area contributed by atoms with E-state index in [0.29, 0.717) is 37.0 Å². The maximum absolute atomic E-state index is 12.4. The molecule has 2 heterocycles. The van der Waals surface area contributed by atoms with Gasteiger partial charge in [0.15, 0.2) is 5.82 Å². The molecule has 0 bridgehead atoms. The Morgan fingerprint density at radius 2 is 2.12 bits per heavy atom. The Kier molecular flexibility index (Phi) is 4.97. The molecule has 1 aromatic carbocycles. The summed E-state index contributed by atoms with van der Waals surface area (Å²) in [4.78, 5) is 29.6. The van der Waals surface area contributed by atoms with Crippen molar-refractivity contribution in [1.29, 1.82) is 0 Å². The normalized spacial score (nSPS) is 14.5. The molecule has 0 unspecified atom stereocenters. The van der Waals surface area contributed by atoms with Crippen molar-refractivity contribution >= 4 is 17.8 Å². The molecule has 132 valence electrons. The average Bonchev–Trinajstić information content (AvgIpc) is 3.09. The van der Waals surface area contributed by atoms with Crippen molar-refractivity contribution in [3.63, 3.8) is 0 Å². The summed E-state index contributed by atoms with van der Waals surface area (Å²) < 4.78 is 5.13. The molecule has 1 fully saturated rings. The summed E-state index contributed by atoms with van der Waals surface area (Å²) in [6.07, 6.45) is 0. The Morgan fingerprint density at radius 1 is 1.36 bits per heavy atom. The second-order valence-corrected chi connectivity index (χ2v) is 6.24. The smallest absolute Gasteiger partial charge is 0.321 e. The van der Waals surface area contributed by atoms with E-state index in [-0.39, 0.29) is 24.3 Å². The van der Waals surface area contributed by atoms with Crippen molar-refractivity contribution < 1.29 is 14.1 Å². The third-order valence-corrected chi connectivity index (χ3v) is 3.93. The van der Waals surface area contributed by atoms with Crippen molar-refractivity contribution in [2.75, 3.05) is 25.0 Å². The molecule has 0 saturated carbocycles. The number of hydrogen-bond donors (Lipinski definition) is 2. The van der Waals surface area contributed by atoms with Gasteiger partial charge in [-0.3, -0.25) is 9.59 Å². The SMILES string of the molecule is CC(C)c1noc(NCc2ccc(C(=O)N3CCNC(=O)C3)cc2)n1. The molecule has 25 heavy (non-hydrogen) atoms. The largest absolute Gasteiger partial charge is 0.353 e. The van der Waals surface area contributed by atoms with E-state index in [1.165, 1.54) is 0 Å². The number of amides is 2. The molecular formula is C17H21N5O3. The zero-order chi connectivity index (χ0) is 17.8. The van der Waals surface area contributed by atoms with E-state index in [0.717, 1.165) is 5.56 Å². The molecule has 0 radical (unpaired) electrons. The van der Waals surface area contributed by atoms with Crippen LogP contribution < -0.4 is 10.6 Å². The summed E-state index contributed by atoms with van der Waals surface area (Å²) in [5.41, 5.74) is 1.55. The van der Waals surface area contributed by atoms with Gasteiger partial charge in [-0.2, -0.15) is 4.98 Å². The Balaban J connectivity index is 1.58. The third-order valence-electron chi connectivity index (χ3n) is 3.93. The number of nitrogens with zero attached hydrogens (tertiary/aromatic N) is 3. The molecule has 2 aromatic rings. The third kappa shape index (κ3) is 4.14. The van der Waals surface area contributed by atoms with Gasteiger partial charge in [-0.05, 0) is 17.7 Å². The molecule has 0 aliphatic carbocycles. The van der Waals surface area contributed by atoms with Crippen LogP contribution >= 0.6 is 0 Å². The molecular weight excluding hydrogens is 322 g/mol. The topological polar surface area (TPSA) is 100 Å². The van der Waals surface area contributed by atoms with Crippen LogP contribution in [-0.4, -0.2) is 46.5 Å². The molecule has 1 aliphatic rings. The number of piperazine rings is 1. The number of nitrogens with one attached hydrogen (secondary N) is 2. The van der Waals surface area contributed by atoms with Crippen molar-refractivity contribution in [2.45, 2.75) is 26.3 Å². The van der Waals surface area contributed by atoms with Gasteiger partial charge in [-0.1, -0.05) is 31.1 Å². The second kappa shape index (κ2) is 7.33. The molecule has 1 saturated heterocycles. The number of aromatic nitrogens is 2. The number of carbonyl (C=O) groups excluding carboxylic acids is 2. The van der Waals surface area contributed by atoms with Crippen LogP contribution in [0.2, 0.25) is 0 Å². The summed E-state index contributed by atoms with van der Waals surface area (Å²) in [5.74, 6) is 0.615. The molecule has 8 nitrogen and oxygen atoms in total. The predicted octanol–water partition coefficient (Wildman–Crippen LogP) is 1.38. The van der Waals surface area contributed by atoms with E-state index in [4.69, 9.17) is 4.52 Å². The van der Waals surface area contributed by atoms with Crippen molar-refractivity contribution in [3.8, 4) is 0 Å². The summed E-state index contributed by atoms with van der Waals surface area (Å²) in [6, 6.07) is 7.63. The maximum atomic E-state index is 12.4. The molecule has 1 aromatic heterocycles. The minimum atomic E-state index is -0.132. The fourth-order valence-electron chi connectivity index (χ4n) is 2.48. The molecule has 2 amide bonds. The lowest BCUT2D eigenvalue weighted by molar-refractivity contribution is -0.123. The van der Waals surface area contributed by atoms with Gasteiger partial charge in [0, 0.05) is 31.1 Å². The average molecular weight is 343 g/mol. The first-order chi connectivity index (χ1) is 12.0. The Bertz CT molecular complexity index is 754. The van der Waals surface area contributed by atoms with Crippen molar-refractivity contribution in [1.82, 2.24) is 20.4 Å². The first-order valence-electron chi connectivity index (χ1n) is 8.25. The lowest BCUT2D eigenvalue weighted by Crippen LogP contribution is -2.49. The van der Waals surface area contributed by atoms with Gasteiger partial charge in [0.05, 0.1) is 6.54 Å². The fraction of sp³-hybridized carbons (Fsp3) is 0.412. The highest BCUT2D eigenvalue weighted by molar-refractivity contribution is 5.97. The molecule has 1 aliphatic heterocycles. The van der Waals surface area contributed by atoms with Crippen LogP contribution in [0.3, 0.4) is 0 Å². The van der Waals surface area contributed by atoms with Crippen molar-refractivity contribution in [2.24, 2.45) is 0 Å². The highest BCUT2D eigenvalue weighted by atomic mass is 16.5. The van der Waals surface area contributed by atoms with Crippen LogP contribution in [0, 0.1) is 0 Å². The summed E-state index contributed by atoms with van der Waals surface area (Å²) >= 11 is 0. The monoisotopic (exact) mass is 343 g/mol. The Labute approximate surface area is 145 Å². The van der Waals surface area contributed by atoms with E-state index >= 15 is 0 Å². The van der Waals surface area contributed by atoms with Gasteiger partial charge in [0.2, 0.25) is 5.91 Å². The van der Waals surface area contributed by atoms with Gasteiger partial charge < -0.3 is 20.1 Å². The number of rotatable bonds is 5. The first kappa shape index (κ1) is 16.9. The van der Waals surface area contributed by atoms with Gasteiger partial charge in [-0.15, -0.1) is 0 Å². The zero-order valence-electron chi connectivity index (χ0n) is 14.3. The minimum Gasteiger partial charge on any atom is -0.353 e. The molecule has 0 spiro atoms. The maximum Gasteiger partial charge on any atom is 0.321 e. The lowest BCUT2D eigenvalue weighted by atomic mass is 10.1. The van der Waals surface area contributed by atoms with E-state index in [9.17, 15) is 9.59 Å². The minimum absolute atomic E-state index is 0.109. The van der Waals surface area contributed by atoms with Crippen molar-refractivity contribution in [3.05, 3.63) is 41.2 Å². The van der Waals surface area contributed by atoms with Crippen LogP contribution in [0.5, 0.6) is 0 Å². The first-order valence-corrected chi connectivity index (χ1v) is 8.25. The highest BCUT2D eigenvalue weighted by Gasteiger charge is 2.22. The second-order valence-electron chi connectivity index (χ2n) is 6.24. The van der Waals surface area contributed by atoms with Gasteiger partial charge in [-0.25, -0.2) is 0 Å². The van der Waals surface area contributed by atoms with E-state index < -0.39 is 0 Å². The predicted molar refractivity (Wildman–Crippen MR) is 91.1 cm³/mol. The highest BCUT2D eigenvalue weighted by Crippen LogP contribution is 2.14. The van der Waals surface area contributed by atoms with Gasteiger partial charge in [0.1, 0.15) is 0 Å². The Hall–Kier alpha value is -2.90. The van der Waals surface area contributed by atoms with Crippen LogP contribution in [0.4, 0.5) is 6.01 Å². The summed E-state index contributed by atoms with van der Waals surface area (Å²) in [7, 11) is 0. The van der Waals surface area contributed by atoms with Crippen LogP contribution in [0.15, 0.2) is 28.8 Å². The number of anilines is 1. The van der Waals surface area contributed by atoms with Gasteiger partial charge >= 0.3 is 6.01 Å². The van der Waals surface area contributed by atoms with E-state index in [1.807, 2.05) is 26.0 Å². The summed E-state index contributed by atoms with van der Waals surface area (Å²) in [5, 5.41) is 9.66. The van der Waals surface area contributed by atoms with Crippen LogP contribution in [-0.2, 0) is 11.3 Å². The van der Waals surface area contributed by atoms with Crippen LogP contribution in [0.1, 0.15) is 41.5 Å². The Morgan fingerprint density at radius 3 is 2.76 bits per heavy atom. The molecule has 0 atom stereocenters. The number of carbonyl (C=O) groups is 2. The van der Waals surface area contributed by atoms with Gasteiger partial charge in [0.25, 0.3) is 5.91 Å². The van der Waals surface area contributed by atoms with E-state index in [2.05, 4.69) is 20.8 Å². The number of benzene rings is 1. The van der Waals surface area contributed by atoms with E-state index in [1.54, 1.807) is 17.0 Å².